The Morgan fingerprint density at radius 2 is 2.47 bits per heavy atom. The molecule has 1 aromatic heterocycles. The maximum atomic E-state index is 11.5. The van der Waals surface area contributed by atoms with Crippen LogP contribution in [0.2, 0.25) is 0 Å². The van der Waals surface area contributed by atoms with Crippen LogP contribution in [0.25, 0.3) is 0 Å². The molecule has 5 heteroatoms. The fourth-order valence-electron chi connectivity index (χ4n) is 1.53. The van der Waals surface area contributed by atoms with E-state index in [1.54, 1.807) is 17.0 Å². The summed E-state index contributed by atoms with van der Waals surface area (Å²) in [6, 6.07) is -0.385. The Hall–Kier alpha value is -1.36. The van der Waals surface area contributed by atoms with E-state index in [-0.39, 0.29) is 18.6 Å². The third-order valence-electron chi connectivity index (χ3n) is 2.26. The summed E-state index contributed by atoms with van der Waals surface area (Å²) in [5, 5.41) is 9.04. The molecule has 84 valence electrons. The Morgan fingerprint density at radius 1 is 1.73 bits per heavy atom. The van der Waals surface area contributed by atoms with Crippen molar-refractivity contribution in [1.29, 1.82) is 0 Å². The number of ether oxygens (including phenoxy) is 1. The fourth-order valence-corrected chi connectivity index (χ4v) is 1.53. The lowest BCUT2D eigenvalue weighted by Crippen LogP contribution is -2.22. The van der Waals surface area contributed by atoms with Crippen LogP contribution in [0.4, 0.5) is 0 Å². The number of nitrogens with zero attached hydrogens (tertiary/aromatic N) is 2. The summed E-state index contributed by atoms with van der Waals surface area (Å²) in [6.07, 6.45) is 4.79. The average Bonchev–Trinajstić information content (AvgIpc) is 2.72. The van der Waals surface area contributed by atoms with Crippen LogP contribution < -0.4 is 0 Å². The Bertz CT molecular complexity index is 322. The molecule has 15 heavy (non-hydrogen) atoms. The minimum Gasteiger partial charge on any atom is -0.467 e. The molecule has 0 saturated carbocycles. The zero-order valence-electron chi connectivity index (χ0n) is 9.01. The van der Waals surface area contributed by atoms with Crippen molar-refractivity contribution in [2.75, 3.05) is 7.11 Å². The molecule has 0 fully saturated rings. The standard InChI is InChI=1S/C10H16N2O3/c1-3-4-8(10(14)15-2)12-6-5-11-9(12)7-13/h5-6,8,13H,3-4,7H2,1-2H3. The van der Waals surface area contributed by atoms with Crippen LogP contribution >= 0.6 is 0 Å². The molecule has 0 saturated heterocycles. The maximum absolute atomic E-state index is 11.5. The smallest absolute Gasteiger partial charge is 0.328 e. The van der Waals surface area contributed by atoms with E-state index in [4.69, 9.17) is 9.84 Å². The van der Waals surface area contributed by atoms with E-state index in [0.29, 0.717) is 12.2 Å². The van der Waals surface area contributed by atoms with Crippen molar-refractivity contribution in [1.82, 2.24) is 9.55 Å². The molecule has 1 unspecified atom stereocenters. The van der Waals surface area contributed by atoms with Gasteiger partial charge in [-0.15, -0.1) is 0 Å². The number of hydrogen-bond acceptors (Lipinski definition) is 4. The predicted octanol–water partition coefficient (Wildman–Crippen LogP) is 0.890. The van der Waals surface area contributed by atoms with Crippen LogP contribution in [-0.2, 0) is 16.1 Å². The summed E-state index contributed by atoms with van der Waals surface area (Å²) >= 11 is 0. The zero-order valence-corrected chi connectivity index (χ0v) is 9.01. The predicted molar refractivity (Wildman–Crippen MR) is 54.1 cm³/mol. The number of hydrogen-bond donors (Lipinski definition) is 1. The molecular weight excluding hydrogens is 196 g/mol. The first-order valence-electron chi connectivity index (χ1n) is 4.95. The maximum Gasteiger partial charge on any atom is 0.328 e. The van der Waals surface area contributed by atoms with Gasteiger partial charge in [0.25, 0.3) is 0 Å². The largest absolute Gasteiger partial charge is 0.467 e. The molecule has 0 aliphatic carbocycles. The van der Waals surface area contributed by atoms with E-state index in [2.05, 4.69) is 4.98 Å². The second-order valence-electron chi connectivity index (χ2n) is 3.24. The summed E-state index contributed by atoms with van der Waals surface area (Å²) in [5.74, 6) is 0.184. The molecule has 0 aliphatic rings. The van der Waals surface area contributed by atoms with Crippen LogP contribution in [0.3, 0.4) is 0 Å². The van der Waals surface area contributed by atoms with Gasteiger partial charge in [0.1, 0.15) is 18.5 Å². The first-order valence-corrected chi connectivity index (χ1v) is 4.95. The van der Waals surface area contributed by atoms with E-state index in [0.717, 1.165) is 6.42 Å². The molecule has 0 amide bonds. The number of rotatable bonds is 5. The van der Waals surface area contributed by atoms with Crippen molar-refractivity contribution in [3.05, 3.63) is 18.2 Å². The second-order valence-corrected chi connectivity index (χ2v) is 3.24. The number of aromatic nitrogens is 2. The zero-order chi connectivity index (χ0) is 11.3. The first kappa shape index (κ1) is 11.7. The lowest BCUT2D eigenvalue weighted by molar-refractivity contribution is -0.144. The molecule has 1 atom stereocenters. The van der Waals surface area contributed by atoms with Gasteiger partial charge in [0.15, 0.2) is 0 Å². The minimum absolute atomic E-state index is 0.176. The van der Waals surface area contributed by atoms with Gasteiger partial charge in [-0.05, 0) is 6.42 Å². The van der Waals surface area contributed by atoms with E-state index < -0.39 is 0 Å². The summed E-state index contributed by atoms with van der Waals surface area (Å²) in [4.78, 5) is 15.5. The van der Waals surface area contributed by atoms with Gasteiger partial charge in [-0.25, -0.2) is 9.78 Å². The molecule has 1 N–H and O–H groups in total. The van der Waals surface area contributed by atoms with Crippen LogP contribution in [0, 0.1) is 0 Å². The van der Waals surface area contributed by atoms with Crippen molar-refractivity contribution in [3.63, 3.8) is 0 Å². The third-order valence-corrected chi connectivity index (χ3v) is 2.26. The third kappa shape index (κ3) is 2.56. The highest BCUT2D eigenvalue weighted by molar-refractivity contribution is 5.74. The van der Waals surface area contributed by atoms with Gasteiger partial charge in [0, 0.05) is 12.4 Å². The molecule has 1 heterocycles. The number of methoxy groups -OCH3 is 1. The van der Waals surface area contributed by atoms with E-state index in [1.807, 2.05) is 6.92 Å². The number of imidazole rings is 1. The monoisotopic (exact) mass is 212 g/mol. The van der Waals surface area contributed by atoms with E-state index >= 15 is 0 Å². The second kappa shape index (κ2) is 5.50. The quantitative estimate of drug-likeness (QED) is 0.736. The van der Waals surface area contributed by atoms with Gasteiger partial charge in [0.2, 0.25) is 0 Å². The van der Waals surface area contributed by atoms with Crippen molar-refractivity contribution < 1.29 is 14.6 Å². The number of carbonyl (C=O) groups is 1. The summed E-state index contributed by atoms with van der Waals surface area (Å²) in [6.45, 7) is 1.82. The molecule has 0 aromatic carbocycles. The van der Waals surface area contributed by atoms with Gasteiger partial charge in [0.05, 0.1) is 7.11 Å². The summed E-state index contributed by atoms with van der Waals surface area (Å²) < 4.78 is 6.38. The fraction of sp³-hybridized carbons (Fsp3) is 0.600. The van der Waals surface area contributed by atoms with E-state index in [9.17, 15) is 4.79 Å². The molecule has 1 rings (SSSR count). The lowest BCUT2D eigenvalue weighted by Gasteiger charge is -2.17. The van der Waals surface area contributed by atoms with Gasteiger partial charge in [-0.1, -0.05) is 13.3 Å². The molecule has 0 spiro atoms. The van der Waals surface area contributed by atoms with Crippen molar-refractivity contribution in [2.45, 2.75) is 32.4 Å². The Balaban J connectivity index is 2.92. The number of aliphatic hydroxyl groups excluding tert-OH is 1. The van der Waals surface area contributed by atoms with Crippen molar-refractivity contribution in [2.24, 2.45) is 0 Å². The van der Waals surface area contributed by atoms with E-state index in [1.165, 1.54) is 7.11 Å². The normalized spacial score (nSPS) is 12.5. The molecule has 1 aromatic rings. The van der Waals surface area contributed by atoms with Crippen molar-refractivity contribution >= 4 is 5.97 Å². The SMILES string of the molecule is CCCC(C(=O)OC)n1ccnc1CO. The molecule has 0 aliphatic heterocycles. The highest BCUT2D eigenvalue weighted by atomic mass is 16.5. The van der Waals surface area contributed by atoms with Crippen LogP contribution in [0.5, 0.6) is 0 Å². The molecule has 0 bridgehead atoms. The van der Waals surface area contributed by atoms with Gasteiger partial charge in [-0.2, -0.15) is 0 Å². The average molecular weight is 212 g/mol. The molecular formula is C10H16N2O3. The summed E-state index contributed by atoms with van der Waals surface area (Å²) in [7, 11) is 1.36. The number of carbonyl (C=O) groups excluding carboxylic acids is 1. The van der Waals surface area contributed by atoms with Crippen LogP contribution in [0.1, 0.15) is 31.6 Å². The Kier molecular flexibility index (Phi) is 4.30. The topological polar surface area (TPSA) is 64.4 Å². The van der Waals surface area contributed by atoms with Gasteiger partial charge >= 0.3 is 5.97 Å². The highest BCUT2D eigenvalue weighted by Crippen LogP contribution is 2.17. The molecule has 0 radical (unpaired) electrons. The van der Waals surface area contributed by atoms with Gasteiger partial charge < -0.3 is 14.4 Å². The highest BCUT2D eigenvalue weighted by Gasteiger charge is 2.21. The molecule has 5 nitrogen and oxygen atoms in total. The minimum atomic E-state index is -0.385. The lowest BCUT2D eigenvalue weighted by atomic mass is 10.1. The first-order chi connectivity index (χ1) is 7.24. The van der Waals surface area contributed by atoms with Gasteiger partial charge in [-0.3, -0.25) is 0 Å². The Morgan fingerprint density at radius 3 is 3.00 bits per heavy atom. The summed E-state index contributed by atoms with van der Waals surface area (Å²) in [5.41, 5.74) is 0. The van der Waals surface area contributed by atoms with Crippen molar-refractivity contribution in [3.8, 4) is 0 Å². The number of esters is 1. The van der Waals surface area contributed by atoms with Crippen LogP contribution in [0.15, 0.2) is 12.4 Å². The van der Waals surface area contributed by atoms with Crippen LogP contribution in [-0.4, -0.2) is 27.7 Å². The number of aliphatic hydroxyl groups is 1. The Labute approximate surface area is 88.7 Å².